The number of alkyl halides is 1. The Morgan fingerprint density at radius 3 is 2.53 bits per heavy atom. The summed E-state index contributed by atoms with van der Waals surface area (Å²) in [6, 6.07) is 13.7. The second-order valence-corrected chi connectivity index (χ2v) is 4.22. The van der Waals surface area contributed by atoms with Gasteiger partial charge in [-0.1, -0.05) is 24.3 Å². The van der Waals surface area contributed by atoms with Crippen LogP contribution in [-0.4, -0.2) is 0 Å². The van der Waals surface area contributed by atoms with E-state index >= 15 is 0 Å². The smallest absolute Gasteiger partial charge is 0.147 e. The van der Waals surface area contributed by atoms with Crippen LogP contribution in [-0.2, 0) is 12.5 Å². The highest BCUT2D eigenvalue weighted by atomic mass is 35.5. The lowest BCUT2D eigenvalue weighted by atomic mass is 10.1. The van der Waals surface area contributed by atoms with E-state index in [0.29, 0.717) is 17.2 Å². The van der Waals surface area contributed by atoms with Gasteiger partial charge in [0.1, 0.15) is 24.2 Å². The maximum absolute atomic E-state index is 13.8. The van der Waals surface area contributed by atoms with Crippen molar-refractivity contribution in [2.24, 2.45) is 0 Å². The van der Waals surface area contributed by atoms with E-state index in [1.807, 2.05) is 12.1 Å². The number of rotatable bonds is 4. The van der Waals surface area contributed by atoms with E-state index in [-0.39, 0.29) is 12.2 Å². The van der Waals surface area contributed by atoms with Gasteiger partial charge in [-0.2, -0.15) is 5.26 Å². The van der Waals surface area contributed by atoms with Gasteiger partial charge in [0, 0.05) is 11.4 Å². The predicted molar refractivity (Wildman–Crippen MR) is 71.4 cm³/mol. The molecule has 0 aliphatic carbocycles. The van der Waals surface area contributed by atoms with Gasteiger partial charge in [-0.05, 0) is 23.8 Å². The molecule has 0 spiro atoms. The van der Waals surface area contributed by atoms with E-state index in [1.54, 1.807) is 30.3 Å². The van der Waals surface area contributed by atoms with Crippen LogP contribution in [0.25, 0.3) is 0 Å². The van der Waals surface area contributed by atoms with Crippen LogP contribution in [0.15, 0.2) is 42.5 Å². The first-order valence-electron chi connectivity index (χ1n) is 5.70. The Balaban J connectivity index is 2.08. The van der Waals surface area contributed by atoms with E-state index in [9.17, 15) is 4.39 Å². The molecule has 0 aliphatic rings. The van der Waals surface area contributed by atoms with E-state index < -0.39 is 5.82 Å². The summed E-state index contributed by atoms with van der Waals surface area (Å²) in [5.74, 6) is 0.553. The minimum absolute atomic E-state index is 0.0265. The molecule has 4 heteroatoms. The van der Waals surface area contributed by atoms with Gasteiger partial charge in [0.05, 0.1) is 5.56 Å². The third kappa shape index (κ3) is 3.24. The highest BCUT2D eigenvalue weighted by Gasteiger charge is 2.07. The van der Waals surface area contributed by atoms with Crippen LogP contribution in [0, 0.1) is 17.1 Å². The Bertz CT molecular complexity index is 605. The van der Waals surface area contributed by atoms with E-state index in [4.69, 9.17) is 21.6 Å². The van der Waals surface area contributed by atoms with Crippen LogP contribution in [0.5, 0.6) is 5.75 Å². The SMILES string of the molecule is N#Cc1cccc(COc2ccc(CCl)cc2)c1F. The van der Waals surface area contributed by atoms with Crippen LogP contribution in [0.4, 0.5) is 4.39 Å². The Kier molecular flexibility index (Phi) is 4.38. The maximum Gasteiger partial charge on any atom is 0.147 e. The summed E-state index contributed by atoms with van der Waals surface area (Å²) >= 11 is 5.69. The van der Waals surface area contributed by atoms with Crippen molar-refractivity contribution < 1.29 is 9.13 Å². The first kappa shape index (κ1) is 13.4. The average Bonchev–Trinajstić information content (AvgIpc) is 2.47. The Labute approximate surface area is 116 Å². The summed E-state index contributed by atoms with van der Waals surface area (Å²) in [6.45, 7) is 0.0849. The standard InChI is InChI=1S/C15H11ClFNO/c16-8-11-4-6-14(7-5-11)19-10-13-3-1-2-12(9-18)15(13)17/h1-7H,8,10H2. The van der Waals surface area contributed by atoms with Crippen molar-refractivity contribution >= 4 is 11.6 Å². The molecule has 0 unspecified atom stereocenters. The zero-order valence-electron chi connectivity index (χ0n) is 10.1. The Morgan fingerprint density at radius 2 is 1.89 bits per heavy atom. The number of nitrogens with zero attached hydrogens (tertiary/aromatic N) is 1. The van der Waals surface area contributed by atoms with Gasteiger partial charge in [-0.25, -0.2) is 4.39 Å². The predicted octanol–water partition coefficient (Wildman–Crippen LogP) is 4.02. The zero-order chi connectivity index (χ0) is 13.7. The van der Waals surface area contributed by atoms with E-state index in [2.05, 4.69) is 0 Å². The molecule has 0 bridgehead atoms. The van der Waals surface area contributed by atoms with Gasteiger partial charge in [0.2, 0.25) is 0 Å². The molecule has 0 aromatic heterocycles. The molecular formula is C15H11ClFNO. The van der Waals surface area contributed by atoms with Crippen molar-refractivity contribution in [1.82, 2.24) is 0 Å². The lowest BCUT2D eigenvalue weighted by Crippen LogP contribution is -2.00. The second-order valence-electron chi connectivity index (χ2n) is 3.96. The van der Waals surface area contributed by atoms with Gasteiger partial charge in [0.25, 0.3) is 0 Å². The Hall–Kier alpha value is -2.05. The van der Waals surface area contributed by atoms with Crippen molar-refractivity contribution in [2.75, 3.05) is 0 Å². The summed E-state index contributed by atoms with van der Waals surface area (Å²) in [6.07, 6.45) is 0. The van der Waals surface area contributed by atoms with Crippen molar-refractivity contribution in [1.29, 1.82) is 5.26 Å². The van der Waals surface area contributed by atoms with Crippen LogP contribution in [0.3, 0.4) is 0 Å². The lowest BCUT2D eigenvalue weighted by Gasteiger charge is -2.08. The Morgan fingerprint density at radius 1 is 1.16 bits per heavy atom. The normalized spacial score (nSPS) is 9.95. The van der Waals surface area contributed by atoms with Crippen molar-refractivity contribution in [3.63, 3.8) is 0 Å². The molecule has 0 atom stereocenters. The maximum atomic E-state index is 13.8. The molecule has 2 rings (SSSR count). The third-order valence-electron chi connectivity index (χ3n) is 2.67. The van der Waals surface area contributed by atoms with Gasteiger partial charge < -0.3 is 4.74 Å². The molecule has 0 saturated carbocycles. The van der Waals surface area contributed by atoms with Crippen LogP contribution >= 0.6 is 11.6 Å². The minimum atomic E-state index is -0.526. The topological polar surface area (TPSA) is 33.0 Å². The first-order chi connectivity index (χ1) is 9.24. The van der Waals surface area contributed by atoms with Crippen molar-refractivity contribution in [3.05, 3.63) is 65.0 Å². The van der Waals surface area contributed by atoms with Crippen LogP contribution < -0.4 is 4.74 Å². The molecule has 0 radical (unpaired) electrons. The summed E-state index contributed by atoms with van der Waals surface area (Å²) < 4.78 is 19.3. The monoisotopic (exact) mass is 275 g/mol. The molecule has 2 aromatic carbocycles. The van der Waals surface area contributed by atoms with Crippen molar-refractivity contribution in [3.8, 4) is 11.8 Å². The molecule has 0 aliphatic heterocycles. The number of benzene rings is 2. The zero-order valence-corrected chi connectivity index (χ0v) is 10.8. The lowest BCUT2D eigenvalue weighted by molar-refractivity contribution is 0.299. The number of nitriles is 1. The van der Waals surface area contributed by atoms with E-state index in [0.717, 1.165) is 5.56 Å². The summed E-state index contributed by atoms with van der Waals surface area (Å²) in [5, 5.41) is 8.74. The average molecular weight is 276 g/mol. The molecule has 0 amide bonds. The van der Waals surface area contributed by atoms with Gasteiger partial charge in [-0.3, -0.25) is 0 Å². The minimum Gasteiger partial charge on any atom is -0.489 e. The number of halogens is 2. The van der Waals surface area contributed by atoms with Crippen molar-refractivity contribution in [2.45, 2.75) is 12.5 Å². The van der Waals surface area contributed by atoms with Gasteiger partial charge in [0.15, 0.2) is 0 Å². The molecule has 0 heterocycles. The fourth-order valence-electron chi connectivity index (χ4n) is 1.61. The molecule has 2 nitrogen and oxygen atoms in total. The first-order valence-corrected chi connectivity index (χ1v) is 6.23. The summed E-state index contributed by atoms with van der Waals surface area (Å²) in [4.78, 5) is 0. The van der Waals surface area contributed by atoms with E-state index in [1.165, 1.54) is 6.07 Å². The number of hydrogen-bond acceptors (Lipinski definition) is 2. The van der Waals surface area contributed by atoms with Gasteiger partial charge in [-0.15, -0.1) is 11.6 Å². The van der Waals surface area contributed by atoms with Crippen LogP contribution in [0.1, 0.15) is 16.7 Å². The van der Waals surface area contributed by atoms with Gasteiger partial charge >= 0.3 is 0 Å². The summed E-state index contributed by atoms with van der Waals surface area (Å²) in [5.41, 5.74) is 1.38. The molecule has 96 valence electrons. The highest BCUT2D eigenvalue weighted by molar-refractivity contribution is 6.17. The largest absolute Gasteiger partial charge is 0.489 e. The van der Waals surface area contributed by atoms with Crippen LogP contribution in [0.2, 0.25) is 0 Å². The molecule has 0 N–H and O–H groups in total. The third-order valence-corrected chi connectivity index (χ3v) is 2.98. The molecule has 19 heavy (non-hydrogen) atoms. The quantitative estimate of drug-likeness (QED) is 0.790. The molecule has 0 fully saturated rings. The molecule has 2 aromatic rings. The number of hydrogen-bond donors (Lipinski definition) is 0. The molecular weight excluding hydrogens is 265 g/mol. The second kappa shape index (κ2) is 6.21. The summed E-state index contributed by atoms with van der Waals surface area (Å²) in [7, 11) is 0. The molecule has 0 saturated heterocycles. The fraction of sp³-hybridized carbons (Fsp3) is 0.133. The number of ether oxygens (including phenoxy) is 1. The fourth-order valence-corrected chi connectivity index (χ4v) is 1.79. The highest BCUT2D eigenvalue weighted by Crippen LogP contribution is 2.17.